The number of hydrogen-bond acceptors (Lipinski definition) is 4. The van der Waals surface area contributed by atoms with Gasteiger partial charge < -0.3 is 4.74 Å². The highest BCUT2D eigenvalue weighted by atomic mass is 32.2. The van der Waals surface area contributed by atoms with Crippen molar-refractivity contribution in [2.45, 2.75) is 122 Å². The molecule has 1 N–H and O–H groups in total. The largest absolute Gasteiger partial charge is 0.464 e. The van der Waals surface area contributed by atoms with E-state index in [0.717, 1.165) is 19.3 Å². The zero-order valence-electron chi connectivity index (χ0n) is 19.3. The molecule has 178 valence electrons. The van der Waals surface area contributed by atoms with Crippen LogP contribution >= 0.6 is 0 Å². The zero-order valence-corrected chi connectivity index (χ0v) is 20.1. The van der Waals surface area contributed by atoms with Crippen molar-refractivity contribution in [2.75, 3.05) is 12.4 Å². The Labute approximate surface area is 185 Å². The predicted molar refractivity (Wildman–Crippen MR) is 125 cm³/mol. The fraction of sp³-hybridized carbons (Fsp3) is 0.875. The molecule has 0 aliphatic carbocycles. The lowest BCUT2D eigenvalue weighted by molar-refractivity contribution is -0.143. The minimum absolute atomic E-state index is 0.271. The molecule has 0 saturated carbocycles. The van der Waals surface area contributed by atoms with Crippen LogP contribution in [0.5, 0.6) is 0 Å². The summed E-state index contributed by atoms with van der Waals surface area (Å²) in [5.41, 5.74) is 0. The maximum atomic E-state index is 11.4. The third kappa shape index (κ3) is 25.2. The van der Waals surface area contributed by atoms with Crippen LogP contribution in [0.15, 0.2) is 12.2 Å². The first kappa shape index (κ1) is 29.1. The van der Waals surface area contributed by atoms with Gasteiger partial charge in [0.15, 0.2) is 0 Å². The lowest BCUT2D eigenvalue weighted by Crippen LogP contribution is -2.14. The highest BCUT2D eigenvalue weighted by Gasteiger charge is 2.07. The summed E-state index contributed by atoms with van der Waals surface area (Å²) >= 11 is 0. The van der Waals surface area contributed by atoms with Gasteiger partial charge in [0.05, 0.1) is 0 Å². The van der Waals surface area contributed by atoms with Gasteiger partial charge in [-0.25, -0.2) is 0 Å². The van der Waals surface area contributed by atoms with E-state index in [1.165, 1.54) is 89.9 Å². The molecular weight excluding hydrogens is 400 g/mol. The molecule has 0 rings (SSSR count). The van der Waals surface area contributed by atoms with E-state index >= 15 is 0 Å². The Kier molecular flexibility index (Phi) is 20.7. The predicted octanol–water partition coefficient (Wildman–Crippen LogP) is 7.02. The van der Waals surface area contributed by atoms with Gasteiger partial charge in [-0.15, -0.1) is 0 Å². The lowest BCUT2D eigenvalue weighted by atomic mass is 10.1. The van der Waals surface area contributed by atoms with E-state index < -0.39 is 15.9 Å². The van der Waals surface area contributed by atoms with Gasteiger partial charge in [0, 0.05) is 6.42 Å². The number of ether oxygens (including phenoxy) is 1. The third-order valence-corrected chi connectivity index (χ3v) is 5.93. The molecule has 30 heavy (non-hydrogen) atoms. The highest BCUT2D eigenvalue weighted by Crippen LogP contribution is 2.12. The third-order valence-electron chi connectivity index (χ3n) is 5.25. The Morgan fingerprint density at radius 1 is 0.733 bits per heavy atom. The van der Waals surface area contributed by atoms with Crippen molar-refractivity contribution >= 4 is 16.1 Å². The first-order chi connectivity index (χ1) is 14.5. The molecule has 0 atom stereocenters. The molecule has 0 aromatic carbocycles. The molecule has 0 amide bonds. The monoisotopic (exact) mass is 446 g/mol. The number of esters is 1. The second-order valence-electron chi connectivity index (χ2n) is 8.26. The number of unbranched alkanes of at least 4 members (excludes halogenated alkanes) is 15. The van der Waals surface area contributed by atoms with Gasteiger partial charge in [0.25, 0.3) is 10.1 Å². The SMILES string of the molecule is CCCCCCCC/C=C\CCCCCCCCCCCC(=O)OCCS(=O)(=O)O. The van der Waals surface area contributed by atoms with Gasteiger partial charge in [-0.05, 0) is 32.1 Å². The van der Waals surface area contributed by atoms with Gasteiger partial charge in [0.1, 0.15) is 12.4 Å². The molecule has 0 radical (unpaired) electrons. The molecule has 6 heteroatoms. The molecule has 0 saturated heterocycles. The summed E-state index contributed by atoms with van der Waals surface area (Å²) < 4.78 is 34.4. The standard InChI is InChI=1S/C24H46O5S/c1-2-3-4-5-6-7-8-9-10-11-12-13-14-15-16-17-18-19-20-21-24(25)29-22-23-30(26,27)28/h9-10H,2-8,11-23H2,1H3,(H,26,27,28)/b10-9-. The van der Waals surface area contributed by atoms with Crippen molar-refractivity contribution in [1.82, 2.24) is 0 Å². The van der Waals surface area contributed by atoms with E-state index in [1.54, 1.807) is 0 Å². The van der Waals surface area contributed by atoms with Crippen LogP contribution in [0, 0.1) is 0 Å². The average molecular weight is 447 g/mol. The average Bonchev–Trinajstić information content (AvgIpc) is 2.68. The van der Waals surface area contributed by atoms with Crippen molar-refractivity contribution in [3.05, 3.63) is 12.2 Å². The number of rotatable bonds is 22. The fourth-order valence-electron chi connectivity index (χ4n) is 3.38. The normalized spacial score (nSPS) is 11.9. The summed E-state index contributed by atoms with van der Waals surface area (Å²) in [6.07, 6.45) is 26.3. The zero-order chi connectivity index (χ0) is 22.3. The van der Waals surface area contributed by atoms with Crippen LogP contribution in [0.25, 0.3) is 0 Å². The van der Waals surface area contributed by atoms with E-state index in [2.05, 4.69) is 19.1 Å². The van der Waals surface area contributed by atoms with E-state index in [1.807, 2.05) is 0 Å². The van der Waals surface area contributed by atoms with Crippen LogP contribution in [0.2, 0.25) is 0 Å². The van der Waals surface area contributed by atoms with Crippen molar-refractivity contribution in [2.24, 2.45) is 0 Å². The van der Waals surface area contributed by atoms with E-state index in [4.69, 9.17) is 9.29 Å². The topological polar surface area (TPSA) is 80.7 Å². The second-order valence-corrected chi connectivity index (χ2v) is 9.83. The first-order valence-electron chi connectivity index (χ1n) is 12.2. The van der Waals surface area contributed by atoms with Crippen LogP contribution in [0.3, 0.4) is 0 Å². The molecule has 0 aromatic rings. The number of carbonyl (C=O) groups excluding carboxylic acids is 1. The van der Waals surface area contributed by atoms with Gasteiger partial charge >= 0.3 is 5.97 Å². The minimum Gasteiger partial charge on any atom is -0.464 e. The van der Waals surface area contributed by atoms with Gasteiger partial charge in [-0.3, -0.25) is 9.35 Å². The Balaban J connectivity index is 3.22. The highest BCUT2D eigenvalue weighted by molar-refractivity contribution is 7.85. The van der Waals surface area contributed by atoms with Crippen LogP contribution in [0.1, 0.15) is 122 Å². The molecule has 0 bridgehead atoms. The van der Waals surface area contributed by atoms with Gasteiger partial charge in [-0.1, -0.05) is 96.1 Å². The molecule has 0 aromatic heterocycles. The molecule has 5 nitrogen and oxygen atoms in total. The Morgan fingerprint density at radius 3 is 1.63 bits per heavy atom. The Bertz CT molecular complexity index is 514. The Morgan fingerprint density at radius 2 is 1.17 bits per heavy atom. The van der Waals surface area contributed by atoms with Crippen molar-refractivity contribution in [1.29, 1.82) is 0 Å². The number of carbonyl (C=O) groups is 1. The molecule has 0 heterocycles. The van der Waals surface area contributed by atoms with Crippen molar-refractivity contribution in [3.8, 4) is 0 Å². The van der Waals surface area contributed by atoms with Crippen molar-refractivity contribution < 1.29 is 22.5 Å². The number of hydrogen-bond donors (Lipinski definition) is 1. The maximum Gasteiger partial charge on any atom is 0.305 e. The lowest BCUT2D eigenvalue weighted by Gasteiger charge is -2.04. The van der Waals surface area contributed by atoms with E-state index in [0.29, 0.717) is 6.42 Å². The molecular formula is C24H46O5S. The number of allylic oxidation sites excluding steroid dienone is 2. The second kappa shape index (κ2) is 21.4. The summed E-state index contributed by atoms with van der Waals surface area (Å²) in [7, 11) is -4.05. The fourth-order valence-corrected chi connectivity index (χ4v) is 3.67. The van der Waals surface area contributed by atoms with Gasteiger partial charge in [-0.2, -0.15) is 8.42 Å². The maximum absolute atomic E-state index is 11.4. The van der Waals surface area contributed by atoms with E-state index in [9.17, 15) is 13.2 Å². The molecule has 0 fully saturated rings. The van der Waals surface area contributed by atoms with Crippen molar-refractivity contribution in [3.63, 3.8) is 0 Å². The van der Waals surface area contributed by atoms with Crippen LogP contribution in [0.4, 0.5) is 0 Å². The van der Waals surface area contributed by atoms with E-state index in [-0.39, 0.29) is 12.6 Å². The first-order valence-corrected chi connectivity index (χ1v) is 13.8. The summed E-state index contributed by atoms with van der Waals surface area (Å²) in [5.74, 6) is -0.923. The quantitative estimate of drug-likeness (QED) is 0.0836. The summed E-state index contributed by atoms with van der Waals surface area (Å²) in [6.45, 7) is 1.99. The van der Waals surface area contributed by atoms with Crippen LogP contribution in [-0.4, -0.2) is 31.3 Å². The Hall–Kier alpha value is -0.880. The van der Waals surface area contributed by atoms with Crippen LogP contribution < -0.4 is 0 Å². The van der Waals surface area contributed by atoms with Gasteiger partial charge in [0.2, 0.25) is 0 Å². The summed E-state index contributed by atoms with van der Waals surface area (Å²) in [5, 5.41) is 0. The summed E-state index contributed by atoms with van der Waals surface area (Å²) in [4.78, 5) is 11.4. The van der Waals surface area contributed by atoms with Crippen LogP contribution in [-0.2, 0) is 19.6 Å². The molecule has 0 spiro atoms. The molecule has 0 aliphatic rings. The minimum atomic E-state index is -4.05. The smallest absolute Gasteiger partial charge is 0.305 e. The summed E-state index contributed by atoms with van der Waals surface area (Å²) in [6, 6.07) is 0. The molecule has 0 aliphatic heterocycles. The molecule has 0 unspecified atom stereocenters.